The van der Waals surface area contributed by atoms with Gasteiger partial charge < -0.3 is 4.90 Å². The molecule has 0 bridgehead atoms. The van der Waals surface area contributed by atoms with Crippen LogP contribution in [0.1, 0.15) is 31.0 Å². The molecule has 1 saturated heterocycles. The molecule has 0 aliphatic carbocycles. The molecule has 16 heavy (non-hydrogen) atoms. The van der Waals surface area contributed by atoms with E-state index in [4.69, 9.17) is 0 Å². The molecule has 2 atom stereocenters. The molecule has 1 amide bonds. The number of carbonyl (C=O) groups is 1. The van der Waals surface area contributed by atoms with Gasteiger partial charge in [0.15, 0.2) is 0 Å². The van der Waals surface area contributed by atoms with Gasteiger partial charge in [-0.3, -0.25) is 4.79 Å². The Bertz CT molecular complexity index is 361. The number of carbonyl (C=O) groups excluding carboxylic acids is 1. The van der Waals surface area contributed by atoms with Crippen molar-refractivity contribution in [2.75, 3.05) is 6.54 Å². The molecule has 0 spiro atoms. The zero-order chi connectivity index (χ0) is 11.7. The van der Waals surface area contributed by atoms with Crippen molar-refractivity contribution >= 4 is 29.0 Å². The van der Waals surface area contributed by atoms with Gasteiger partial charge in [-0.15, -0.1) is 23.1 Å². The highest BCUT2D eigenvalue weighted by Gasteiger charge is 2.38. The van der Waals surface area contributed by atoms with Crippen LogP contribution in [0.2, 0.25) is 0 Å². The summed E-state index contributed by atoms with van der Waals surface area (Å²) in [5, 5.41) is 2.42. The Hall–Kier alpha value is -0.480. The lowest BCUT2D eigenvalue weighted by Gasteiger charge is -2.24. The third-order valence-electron chi connectivity index (χ3n) is 2.60. The maximum absolute atomic E-state index is 12.1. The van der Waals surface area contributed by atoms with Crippen molar-refractivity contribution in [3.8, 4) is 0 Å². The van der Waals surface area contributed by atoms with Gasteiger partial charge >= 0.3 is 0 Å². The van der Waals surface area contributed by atoms with E-state index in [9.17, 15) is 4.79 Å². The minimum Gasteiger partial charge on any atom is -0.325 e. The van der Waals surface area contributed by atoms with Crippen molar-refractivity contribution in [1.82, 2.24) is 4.90 Å². The van der Waals surface area contributed by atoms with E-state index < -0.39 is 0 Å². The first kappa shape index (κ1) is 12.0. The van der Waals surface area contributed by atoms with E-state index in [0.29, 0.717) is 5.92 Å². The Morgan fingerprint density at radius 2 is 2.25 bits per heavy atom. The first-order chi connectivity index (χ1) is 7.59. The van der Waals surface area contributed by atoms with Crippen molar-refractivity contribution in [2.45, 2.75) is 31.4 Å². The normalized spacial score (nSPS) is 25.8. The summed E-state index contributed by atoms with van der Waals surface area (Å²) in [6, 6.07) is 4.18. The van der Waals surface area contributed by atoms with Crippen LogP contribution in [0.15, 0.2) is 17.5 Å². The number of hydrogen-bond acceptors (Lipinski definition) is 3. The minimum absolute atomic E-state index is 0.103. The summed E-state index contributed by atoms with van der Waals surface area (Å²) in [5.74, 6) is 0.814. The third kappa shape index (κ3) is 2.28. The standard InChI is InChI=1S/C12H17NOS2/c1-8(2)7-13-11(14)9(3)16-12(13)10-5-4-6-15-10/h4-6,8-9,12H,7H2,1-3H3/t9-,12-/m0/s1. The smallest absolute Gasteiger partial charge is 0.236 e. The Balaban J connectivity index is 2.20. The van der Waals surface area contributed by atoms with Gasteiger partial charge in [0.2, 0.25) is 5.91 Å². The molecule has 0 aromatic carbocycles. The molecule has 4 heteroatoms. The van der Waals surface area contributed by atoms with Crippen LogP contribution in [0.4, 0.5) is 0 Å². The molecule has 0 N–H and O–H groups in total. The highest BCUT2D eigenvalue weighted by atomic mass is 32.2. The van der Waals surface area contributed by atoms with Crippen molar-refractivity contribution < 1.29 is 4.79 Å². The lowest BCUT2D eigenvalue weighted by Crippen LogP contribution is -2.33. The second-order valence-electron chi connectivity index (χ2n) is 4.53. The Morgan fingerprint density at radius 3 is 2.81 bits per heavy atom. The molecule has 1 aromatic heterocycles. The van der Waals surface area contributed by atoms with Crippen LogP contribution < -0.4 is 0 Å². The molecule has 88 valence electrons. The zero-order valence-corrected chi connectivity index (χ0v) is 11.5. The van der Waals surface area contributed by atoms with Gasteiger partial charge in [0.05, 0.1) is 5.25 Å². The van der Waals surface area contributed by atoms with Gasteiger partial charge in [0, 0.05) is 11.4 Å². The number of thiophene rings is 1. The monoisotopic (exact) mass is 255 g/mol. The number of nitrogens with zero attached hydrogens (tertiary/aromatic N) is 1. The molecule has 1 aromatic rings. The highest BCUT2D eigenvalue weighted by molar-refractivity contribution is 8.01. The van der Waals surface area contributed by atoms with Crippen molar-refractivity contribution in [3.05, 3.63) is 22.4 Å². The van der Waals surface area contributed by atoms with Crippen LogP contribution >= 0.6 is 23.1 Å². The number of amides is 1. The maximum Gasteiger partial charge on any atom is 0.236 e. The molecule has 0 saturated carbocycles. The predicted octanol–water partition coefficient (Wildman–Crippen LogP) is 3.37. The van der Waals surface area contributed by atoms with E-state index in [1.165, 1.54) is 4.88 Å². The molecular formula is C12H17NOS2. The van der Waals surface area contributed by atoms with Crippen LogP contribution in [0.3, 0.4) is 0 Å². The summed E-state index contributed by atoms with van der Waals surface area (Å²) in [7, 11) is 0. The zero-order valence-electron chi connectivity index (χ0n) is 9.84. The summed E-state index contributed by atoms with van der Waals surface area (Å²) >= 11 is 3.51. The average Bonchev–Trinajstić information content (AvgIpc) is 2.81. The summed E-state index contributed by atoms with van der Waals surface area (Å²) in [6.45, 7) is 7.19. The molecular weight excluding hydrogens is 238 g/mol. The SMILES string of the molecule is CC(C)CN1C(=O)[C@H](C)S[C@H]1c1cccs1. The van der Waals surface area contributed by atoms with E-state index in [0.717, 1.165) is 6.54 Å². The van der Waals surface area contributed by atoms with E-state index in [-0.39, 0.29) is 16.5 Å². The summed E-state index contributed by atoms with van der Waals surface area (Å²) in [6.07, 6.45) is 0. The molecule has 0 radical (unpaired) electrons. The van der Waals surface area contributed by atoms with Crippen LogP contribution in [0.5, 0.6) is 0 Å². The highest BCUT2D eigenvalue weighted by Crippen LogP contribution is 2.44. The first-order valence-corrected chi connectivity index (χ1v) is 7.41. The predicted molar refractivity (Wildman–Crippen MR) is 70.7 cm³/mol. The Labute approximate surface area is 105 Å². The van der Waals surface area contributed by atoms with E-state index in [1.807, 2.05) is 11.8 Å². The van der Waals surface area contributed by atoms with Crippen molar-refractivity contribution in [3.63, 3.8) is 0 Å². The van der Waals surface area contributed by atoms with Gasteiger partial charge in [-0.05, 0) is 24.3 Å². The van der Waals surface area contributed by atoms with Crippen LogP contribution in [0, 0.1) is 5.92 Å². The van der Waals surface area contributed by atoms with Gasteiger partial charge in [0.25, 0.3) is 0 Å². The molecule has 0 unspecified atom stereocenters. The minimum atomic E-state index is 0.103. The van der Waals surface area contributed by atoms with Crippen LogP contribution in [-0.2, 0) is 4.79 Å². The lowest BCUT2D eigenvalue weighted by atomic mass is 10.2. The summed E-state index contributed by atoms with van der Waals surface area (Å²) in [4.78, 5) is 15.4. The summed E-state index contributed by atoms with van der Waals surface area (Å²) < 4.78 is 0. The number of hydrogen-bond donors (Lipinski definition) is 0. The fraction of sp³-hybridized carbons (Fsp3) is 0.583. The first-order valence-electron chi connectivity index (χ1n) is 5.59. The quantitative estimate of drug-likeness (QED) is 0.825. The van der Waals surface area contributed by atoms with Crippen LogP contribution in [0.25, 0.3) is 0 Å². The largest absolute Gasteiger partial charge is 0.325 e. The number of thioether (sulfide) groups is 1. The Kier molecular flexibility index (Phi) is 3.60. The second kappa shape index (κ2) is 4.80. The summed E-state index contributed by atoms with van der Waals surface area (Å²) in [5.41, 5.74) is 0. The van der Waals surface area contributed by atoms with E-state index >= 15 is 0 Å². The van der Waals surface area contributed by atoms with Crippen molar-refractivity contribution in [2.24, 2.45) is 5.92 Å². The van der Waals surface area contributed by atoms with Gasteiger partial charge in [-0.25, -0.2) is 0 Å². The molecule has 1 fully saturated rings. The van der Waals surface area contributed by atoms with E-state index in [2.05, 4.69) is 31.4 Å². The molecule has 1 aliphatic heterocycles. The Morgan fingerprint density at radius 1 is 1.50 bits per heavy atom. The third-order valence-corrected chi connectivity index (χ3v) is 5.05. The average molecular weight is 255 g/mol. The molecule has 1 aliphatic rings. The topological polar surface area (TPSA) is 20.3 Å². The fourth-order valence-corrected chi connectivity index (χ4v) is 4.14. The van der Waals surface area contributed by atoms with Crippen LogP contribution in [-0.4, -0.2) is 22.6 Å². The van der Waals surface area contributed by atoms with Crippen molar-refractivity contribution in [1.29, 1.82) is 0 Å². The van der Waals surface area contributed by atoms with Gasteiger partial charge in [-0.2, -0.15) is 0 Å². The molecule has 2 rings (SSSR count). The molecule has 2 heterocycles. The van der Waals surface area contributed by atoms with Gasteiger partial charge in [-0.1, -0.05) is 19.9 Å². The maximum atomic E-state index is 12.1. The second-order valence-corrected chi connectivity index (χ2v) is 6.94. The lowest BCUT2D eigenvalue weighted by molar-refractivity contribution is -0.130. The molecule has 2 nitrogen and oxygen atoms in total. The van der Waals surface area contributed by atoms with E-state index in [1.54, 1.807) is 23.1 Å². The van der Waals surface area contributed by atoms with Gasteiger partial charge in [0.1, 0.15) is 5.37 Å². The number of rotatable bonds is 3. The fourth-order valence-electron chi connectivity index (χ4n) is 1.91.